The van der Waals surface area contributed by atoms with E-state index in [9.17, 15) is 9.18 Å². The molecule has 1 aromatic rings. The van der Waals surface area contributed by atoms with E-state index in [4.69, 9.17) is 5.73 Å². The average Bonchev–Trinajstić information content (AvgIpc) is 2.34. The molecule has 3 N–H and O–H groups in total. The molecule has 100 valence electrons. The molecule has 0 fully saturated rings. The van der Waals surface area contributed by atoms with Crippen LogP contribution in [0.2, 0.25) is 0 Å². The van der Waals surface area contributed by atoms with Crippen molar-refractivity contribution < 1.29 is 9.18 Å². The van der Waals surface area contributed by atoms with Crippen LogP contribution in [0, 0.1) is 5.82 Å². The Kier molecular flexibility index (Phi) is 6.29. The second-order valence-corrected chi connectivity index (χ2v) is 5.04. The fraction of sp³-hybridized carbons (Fsp3) is 0.462. The van der Waals surface area contributed by atoms with E-state index in [1.54, 1.807) is 12.1 Å². The third kappa shape index (κ3) is 4.74. The summed E-state index contributed by atoms with van der Waals surface area (Å²) >= 11 is 3.13. The van der Waals surface area contributed by atoms with E-state index in [-0.39, 0.29) is 11.7 Å². The Morgan fingerprint density at radius 2 is 2.28 bits per heavy atom. The maximum absolute atomic E-state index is 13.0. The second-order valence-electron chi connectivity index (χ2n) is 4.18. The van der Waals surface area contributed by atoms with Gasteiger partial charge in [-0.25, -0.2) is 4.39 Å². The standard InChI is InChI=1S/C13H18BrFN2O/c1-2-3-12(16)13(18)17-7-6-9-4-5-11(15)10(14)8-9/h4-5,8,12H,2-3,6-7,16H2,1H3,(H,17,18). The van der Waals surface area contributed by atoms with Gasteiger partial charge in [0, 0.05) is 6.54 Å². The molecule has 18 heavy (non-hydrogen) atoms. The molecule has 1 unspecified atom stereocenters. The van der Waals surface area contributed by atoms with Crippen molar-refractivity contribution >= 4 is 21.8 Å². The topological polar surface area (TPSA) is 55.1 Å². The second kappa shape index (κ2) is 7.48. The number of amides is 1. The summed E-state index contributed by atoms with van der Waals surface area (Å²) in [5, 5.41) is 2.78. The van der Waals surface area contributed by atoms with Gasteiger partial charge < -0.3 is 11.1 Å². The van der Waals surface area contributed by atoms with Gasteiger partial charge in [-0.2, -0.15) is 0 Å². The van der Waals surface area contributed by atoms with Crippen molar-refractivity contribution in [3.05, 3.63) is 34.1 Å². The summed E-state index contributed by atoms with van der Waals surface area (Å²) < 4.78 is 13.4. The predicted molar refractivity (Wildman–Crippen MR) is 73.7 cm³/mol. The molecule has 0 radical (unpaired) electrons. The van der Waals surface area contributed by atoms with Crippen LogP contribution >= 0.6 is 15.9 Å². The van der Waals surface area contributed by atoms with Crippen LogP contribution in [0.5, 0.6) is 0 Å². The molecule has 3 nitrogen and oxygen atoms in total. The first-order valence-corrected chi connectivity index (χ1v) is 6.81. The molecule has 1 atom stereocenters. The van der Waals surface area contributed by atoms with E-state index in [0.717, 1.165) is 12.0 Å². The largest absolute Gasteiger partial charge is 0.354 e. The van der Waals surface area contributed by atoms with Crippen molar-refractivity contribution in [1.29, 1.82) is 0 Å². The number of nitrogens with two attached hydrogens (primary N) is 1. The number of rotatable bonds is 6. The number of nitrogens with one attached hydrogen (secondary N) is 1. The van der Waals surface area contributed by atoms with Gasteiger partial charge in [0.25, 0.3) is 0 Å². The van der Waals surface area contributed by atoms with Crippen LogP contribution in [0.25, 0.3) is 0 Å². The Morgan fingerprint density at radius 1 is 1.56 bits per heavy atom. The molecule has 0 saturated carbocycles. The number of carbonyl (C=O) groups is 1. The first-order valence-electron chi connectivity index (χ1n) is 6.01. The van der Waals surface area contributed by atoms with E-state index in [0.29, 0.717) is 23.9 Å². The summed E-state index contributed by atoms with van der Waals surface area (Å²) in [6.45, 7) is 2.50. The zero-order valence-electron chi connectivity index (χ0n) is 10.4. The van der Waals surface area contributed by atoms with Crippen LogP contribution in [-0.2, 0) is 11.2 Å². The number of benzene rings is 1. The zero-order valence-corrected chi connectivity index (χ0v) is 12.0. The van der Waals surface area contributed by atoms with Crippen molar-refractivity contribution in [1.82, 2.24) is 5.32 Å². The lowest BCUT2D eigenvalue weighted by Crippen LogP contribution is -2.41. The third-order valence-corrected chi connectivity index (χ3v) is 3.24. The fourth-order valence-electron chi connectivity index (χ4n) is 1.60. The summed E-state index contributed by atoms with van der Waals surface area (Å²) in [4.78, 5) is 11.5. The molecule has 0 aliphatic carbocycles. The number of carbonyl (C=O) groups excluding carboxylic acids is 1. The predicted octanol–water partition coefficient (Wildman–Crippen LogP) is 2.37. The molecule has 0 heterocycles. The Hall–Kier alpha value is -0.940. The summed E-state index contributed by atoms with van der Waals surface area (Å²) in [7, 11) is 0. The zero-order chi connectivity index (χ0) is 13.5. The van der Waals surface area contributed by atoms with Gasteiger partial charge in [-0.1, -0.05) is 19.4 Å². The van der Waals surface area contributed by atoms with Crippen LogP contribution in [-0.4, -0.2) is 18.5 Å². The quantitative estimate of drug-likeness (QED) is 0.846. The average molecular weight is 317 g/mol. The van der Waals surface area contributed by atoms with Crippen molar-refractivity contribution in [2.45, 2.75) is 32.2 Å². The minimum absolute atomic E-state index is 0.127. The molecular weight excluding hydrogens is 299 g/mol. The highest BCUT2D eigenvalue weighted by Crippen LogP contribution is 2.16. The van der Waals surface area contributed by atoms with E-state index in [2.05, 4.69) is 21.2 Å². The molecule has 1 rings (SSSR count). The maximum atomic E-state index is 13.0. The minimum atomic E-state index is -0.435. The molecule has 0 aromatic heterocycles. The Morgan fingerprint density at radius 3 is 2.89 bits per heavy atom. The molecule has 0 saturated heterocycles. The molecule has 0 aliphatic heterocycles. The lowest BCUT2D eigenvalue weighted by Gasteiger charge is -2.11. The summed E-state index contributed by atoms with van der Waals surface area (Å²) in [6, 6.07) is 4.39. The Balaban J connectivity index is 2.37. The van der Waals surface area contributed by atoms with Gasteiger partial charge >= 0.3 is 0 Å². The van der Waals surface area contributed by atoms with E-state index in [1.165, 1.54) is 6.07 Å². The van der Waals surface area contributed by atoms with Crippen molar-refractivity contribution in [2.75, 3.05) is 6.54 Å². The van der Waals surface area contributed by atoms with Gasteiger partial charge in [0.1, 0.15) is 5.82 Å². The van der Waals surface area contributed by atoms with Crippen molar-refractivity contribution in [3.8, 4) is 0 Å². The lowest BCUT2D eigenvalue weighted by atomic mass is 10.1. The lowest BCUT2D eigenvalue weighted by molar-refractivity contribution is -0.122. The molecule has 5 heteroatoms. The van der Waals surface area contributed by atoms with Crippen LogP contribution in [0.1, 0.15) is 25.3 Å². The monoisotopic (exact) mass is 316 g/mol. The molecule has 1 amide bonds. The third-order valence-electron chi connectivity index (χ3n) is 2.63. The van der Waals surface area contributed by atoms with Gasteiger partial charge in [-0.05, 0) is 46.5 Å². The molecule has 0 bridgehead atoms. The Bertz CT molecular complexity index is 412. The van der Waals surface area contributed by atoms with Crippen LogP contribution in [0.3, 0.4) is 0 Å². The highest BCUT2D eigenvalue weighted by atomic mass is 79.9. The van der Waals surface area contributed by atoms with Crippen molar-refractivity contribution in [3.63, 3.8) is 0 Å². The number of hydrogen-bond acceptors (Lipinski definition) is 2. The van der Waals surface area contributed by atoms with Crippen LogP contribution < -0.4 is 11.1 Å². The highest BCUT2D eigenvalue weighted by molar-refractivity contribution is 9.10. The SMILES string of the molecule is CCCC(N)C(=O)NCCc1ccc(F)c(Br)c1. The van der Waals surface area contributed by atoms with Crippen LogP contribution in [0.15, 0.2) is 22.7 Å². The molecular formula is C13H18BrFN2O. The highest BCUT2D eigenvalue weighted by Gasteiger charge is 2.11. The smallest absolute Gasteiger partial charge is 0.236 e. The minimum Gasteiger partial charge on any atom is -0.354 e. The first kappa shape index (κ1) is 15.1. The summed E-state index contributed by atoms with van der Waals surface area (Å²) in [5.74, 6) is -0.411. The van der Waals surface area contributed by atoms with Gasteiger partial charge in [-0.3, -0.25) is 4.79 Å². The number of halogens is 2. The summed E-state index contributed by atoms with van der Waals surface area (Å²) in [5.41, 5.74) is 6.65. The molecule has 0 spiro atoms. The van der Waals surface area contributed by atoms with Crippen LogP contribution in [0.4, 0.5) is 4.39 Å². The Labute approximate surface area is 115 Å². The van der Waals surface area contributed by atoms with Gasteiger partial charge in [0.2, 0.25) is 5.91 Å². The number of hydrogen-bond donors (Lipinski definition) is 2. The first-order chi connectivity index (χ1) is 8.54. The van der Waals surface area contributed by atoms with Crippen molar-refractivity contribution in [2.24, 2.45) is 5.73 Å². The normalized spacial score (nSPS) is 12.2. The fourth-order valence-corrected chi connectivity index (χ4v) is 2.02. The van der Waals surface area contributed by atoms with Gasteiger partial charge in [-0.15, -0.1) is 0 Å². The van der Waals surface area contributed by atoms with Gasteiger partial charge in [0.15, 0.2) is 0 Å². The summed E-state index contributed by atoms with van der Waals surface area (Å²) in [6.07, 6.45) is 2.23. The van der Waals surface area contributed by atoms with E-state index in [1.807, 2.05) is 6.92 Å². The van der Waals surface area contributed by atoms with E-state index >= 15 is 0 Å². The molecule has 0 aliphatic rings. The maximum Gasteiger partial charge on any atom is 0.236 e. The van der Waals surface area contributed by atoms with Gasteiger partial charge in [0.05, 0.1) is 10.5 Å². The molecule has 1 aromatic carbocycles. The van der Waals surface area contributed by atoms with E-state index < -0.39 is 6.04 Å².